The first-order valence-corrected chi connectivity index (χ1v) is 13.3. The minimum atomic E-state index is -0.814. The Hall–Kier alpha value is -3.12. The van der Waals surface area contributed by atoms with Crippen LogP contribution in [0.25, 0.3) is 0 Å². The predicted octanol–water partition coefficient (Wildman–Crippen LogP) is 5.24. The van der Waals surface area contributed by atoms with Crippen molar-refractivity contribution in [1.82, 2.24) is 14.9 Å². The molecule has 12 heteroatoms. The zero-order valence-electron chi connectivity index (χ0n) is 19.8. The maximum Gasteiger partial charge on any atom is 0.260 e. The molecule has 0 bridgehead atoms. The number of piperidine rings is 1. The molecule has 5 rings (SSSR count). The van der Waals surface area contributed by atoms with E-state index in [-0.39, 0.29) is 30.4 Å². The van der Waals surface area contributed by atoms with Crippen LogP contribution in [0.2, 0.25) is 0 Å². The number of oxime groups is 1. The summed E-state index contributed by atoms with van der Waals surface area (Å²) in [5.41, 5.74) is 1.10. The molecule has 1 unspecified atom stereocenters. The van der Waals surface area contributed by atoms with Crippen LogP contribution in [0.3, 0.4) is 0 Å². The molecule has 0 N–H and O–H groups in total. The van der Waals surface area contributed by atoms with Gasteiger partial charge >= 0.3 is 0 Å². The van der Waals surface area contributed by atoms with Gasteiger partial charge in [0.25, 0.3) is 11.8 Å². The van der Waals surface area contributed by atoms with Crippen molar-refractivity contribution in [3.8, 4) is 11.6 Å². The third-order valence-electron chi connectivity index (χ3n) is 6.33. The summed E-state index contributed by atoms with van der Waals surface area (Å²) in [5, 5.41) is 6.89. The van der Waals surface area contributed by atoms with Gasteiger partial charge in [-0.2, -0.15) is 0 Å². The summed E-state index contributed by atoms with van der Waals surface area (Å²) in [6.45, 7) is 1.08. The molecule has 0 radical (unpaired) electrons. The van der Waals surface area contributed by atoms with Crippen LogP contribution >= 0.6 is 27.3 Å². The second-order valence-corrected chi connectivity index (χ2v) is 10.5. The lowest BCUT2D eigenvalue weighted by molar-refractivity contribution is -0.134. The molecule has 1 saturated heterocycles. The lowest BCUT2D eigenvalue weighted by atomic mass is 9.97. The number of thiazole rings is 1. The maximum absolute atomic E-state index is 14.1. The fourth-order valence-electron chi connectivity index (χ4n) is 4.38. The number of halogens is 3. The summed E-state index contributed by atoms with van der Waals surface area (Å²) in [6, 6.07) is 5.44. The van der Waals surface area contributed by atoms with Gasteiger partial charge < -0.3 is 19.2 Å². The van der Waals surface area contributed by atoms with E-state index in [2.05, 4.69) is 26.1 Å². The number of carbonyl (C=O) groups excluding carboxylic acids is 1. The Morgan fingerprint density at radius 2 is 2.03 bits per heavy atom. The SMILES string of the molecule is COc1ncc(Br)cc1OCC(=O)N1CCC(c2nc(C3=NOC(c4c(F)cccc4F)C3)cs2)CC1. The van der Waals surface area contributed by atoms with Gasteiger partial charge in [0, 0.05) is 47.5 Å². The molecule has 1 fully saturated rings. The number of rotatable bonds is 7. The Morgan fingerprint density at radius 1 is 1.27 bits per heavy atom. The Labute approximate surface area is 224 Å². The zero-order valence-corrected chi connectivity index (χ0v) is 22.2. The highest BCUT2D eigenvalue weighted by Crippen LogP contribution is 2.35. The van der Waals surface area contributed by atoms with Crippen molar-refractivity contribution in [1.29, 1.82) is 0 Å². The third kappa shape index (κ3) is 5.59. The molecule has 0 saturated carbocycles. The molecule has 0 spiro atoms. The van der Waals surface area contributed by atoms with E-state index in [1.165, 1.54) is 36.6 Å². The van der Waals surface area contributed by atoms with Gasteiger partial charge in [0.15, 0.2) is 18.5 Å². The molecule has 3 aromatic rings. The van der Waals surface area contributed by atoms with Crippen LogP contribution in [-0.4, -0.2) is 53.3 Å². The average molecular weight is 593 g/mol. The Kier molecular flexibility index (Phi) is 7.65. The van der Waals surface area contributed by atoms with E-state index in [0.717, 1.165) is 22.3 Å². The number of ether oxygens (including phenoxy) is 2. The first-order valence-electron chi connectivity index (χ1n) is 11.7. The second-order valence-electron chi connectivity index (χ2n) is 8.65. The number of amides is 1. The number of hydrogen-bond donors (Lipinski definition) is 0. The van der Waals surface area contributed by atoms with Gasteiger partial charge in [-0.3, -0.25) is 4.79 Å². The minimum absolute atomic E-state index is 0.107. The minimum Gasteiger partial charge on any atom is -0.478 e. The normalized spacial score (nSPS) is 17.9. The van der Waals surface area contributed by atoms with Crippen LogP contribution in [0.15, 0.2) is 45.5 Å². The van der Waals surface area contributed by atoms with Gasteiger partial charge in [0.05, 0.1) is 23.4 Å². The molecule has 0 aliphatic carbocycles. The largest absolute Gasteiger partial charge is 0.478 e. The van der Waals surface area contributed by atoms with Gasteiger partial charge in [0.2, 0.25) is 0 Å². The average Bonchev–Trinajstić information content (AvgIpc) is 3.58. The molecule has 1 amide bonds. The molecule has 1 aromatic carbocycles. The Morgan fingerprint density at radius 3 is 2.76 bits per heavy atom. The quantitative estimate of drug-likeness (QED) is 0.373. The highest BCUT2D eigenvalue weighted by atomic mass is 79.9. The van der Waals surface area contributed by atoms with E-state index in [9.17, 15) is 13.6 Å². The van der Waals surface area contributed by atoms with Gasteiger partial charge in [0.1, 0.15) is 17.3 Å². The number of pyridine rings is 1. The molecule has 8 nitrogen and oxygen atoms in total. The summed E-state index contributed by atoms with van der Waals surface area (Å²) in [5.74, 6) is -0.491. The Balaban J connectivity index is 1.14. The highest BCUT2D eigenvalue weighted by molar-refractivity contribution is 9.10. The summed E-state index contributed by atoms with van der Waals surface area (Å²) < 4.78 is 39.8. The van der Waals surface area contributed by atoms with Crippen molar-refractivity contribution in [3.05, 3.63) is 68.2 Å². The van der Waals surface area contributed by atoms with E-state index >= 15 is 0 Å². The summed E-state index contributed by atoms with van der Waals surface area (Å²) in [6.07, 6.45) is 2.56. The molecule has 37 heavy (non-hydrogen) atoms. The fourth-order valence-corrected chi connectivity index (χ4v) is 5.69. The van der Waals surface area contributed by atoms with Crippen LogP contribution in [0.5, 0.6) is 11.6 Å². The van der Waals surface area contributed by atoms with Crippen molar-refractivity contribution in [2.45, 2.75) is 31.3 Å². The number of methoxy groups -OCH3 is 1. The second kappa shape index (κ2) is 11.1. The molecule has 4 heterocycles. The lowest BCUT2D eigenvalue weighted by Gasteiger charge is -2.31. The van der Waals surface area contributed by atoms with Crippen molar-refractivity contribution in [2.75, 3.05) is 26.8 Å². The highest BCUT2D eigenvalue weighted by Gasteiger charge is 2.31. The number of carbonyl (C=O) groups is 1. The molecule has 2 aromatic heterocycles. The summed E-state index contributed by atoms with van der Waals surface area (Å²) in [7, 11) is 1.49. The monoisotopic (exact) mass is 592 g/mol. The van der Waals surface area contributed by atoms with E-state index in [1.807, 2.05) is 5.38 Å². The smallest absolute Gasteiger partial charge is 0.260 e. The third-order valence-corrected chi connectivity index (χ3v) is 7.78. The Bertz CT molecular complexity index is 1310. The lowest BCUT2D eigenvalue weighted by Crippen LogP contribution is -2.40. The first-order chi connectivity index (χ1) is 17.9. The van der Waals surface area contributed by atoms with E-state index in [4.69, 9.17) is 19.3 Å². The van der Waals surface area contributed by atoms with Crippen LogP contribution in [0, 0.1) is 11.6 Å². The van der Waals surface area contributed by atoms with Gasteiger partial charge in [-0.05, 0) is 40.9 Å². The zero-order chi connectivity index (χ0) is 25.9. The number of likely N-dealkylation sites (tertiary alicyclic amines) is 1. The molecule has 1 atom stereocenters. The van der Waals surface area contributed by atoms with E-state index < -0.39 is 17.7 Å². The standard InChI is InChI=1S/C25H23BrF2N4O4S/c1-34-24-21(9-15(26)11-29-24)35-12-22(33)32-7-5-14(6-8-32)25-30-19(13-37-25)18-10-20(36-31-18)23-16(27)3-2-4-17(23)28/h2-4,9,11,13-14,20H,5-8,10,12H2,1H3. The molecule has 194 valence electrons. The first kappa shape index (κ1) is 25.5. The van der Waals surface area contributed by atoms with Crippen molar-refractivity contribution in [2.24, 2.45) is 5.16 Å². The van der Waals surface area contributed by atoms with E-state index in [0.29, 0.717) is 36.1 Å². The van der Waals surface area contributed by atoms with Crippen LogP contribution < -0.4 is 9.47 Å². The maximum atomic E-state index is 14.1. The van der Waals surface area contributed by atoms with Crippen molar-refractivity contribution in [3.63, 3.8) is 0 Å². The van der Waals surface area contributed by atoms with Crippen LogP contribution in [-0.2, 0) is 9.63 Å². The summed E-state index contributed by atoms with van der Waals surface area (Å²) >= 11 is 4.86. The predicted molar refractivity (Wildman–Crippen MR) is 136 cm³/mol. The van der Waals surface area contributed by atoms with Crippen molar-refractivity contribution >= 4 is 38.9 Å². The van der Waals surface area contributed by atoms with Crippen LogP contribution in [0.4, 0.5) is 8.78 Å². The van der Waals surface area contributed by atoms with Gasteiger partial charge in [-0.25, -0.2) is 18.7 Å². The molecular weight excluding hydrogens is 570 g/mol. The fraction of sp³-hybridized carbons (Fsp3) is 0.360. The topological polar surface area (TPSA) is 86.1 Å². The summed E-state index contributed by atoms with van der Waals surface area (Å²) in [4.78, 5) is 28.7. The number of nitrogens with zero attached hydrogens (tertiary/aromatic N) is 4. The number of hydrogen-bond acceptors (Lipinski definition) is 8. The number of aromatic nitrogens is 2. The van der Waals surface area contributed by atoms with E-state index in [1.54, 1.807) is 17.2 Å². The molecular formula is C25H23BrF2N4O4S. The molecule has 2 aliphatic heterocycles. The van der Waals surface area contributed by atoms with Gasteiger partial charge in [-0.15, -0.1) is 11.3 Å². The van der Waals surface area contributed by atoms with Crippen molar-refractivity contribution < 1.29 is 27.9 Å². The molecule has 2 aliphatic rings. The van der Waals surface area contributed by atoms with Gasteiger partial charge in [-0.1, -0.05) is 11.2 Å². The number of benzene rings is 1. The van der Waals surface area contributed by atoms with Crippen LogP contribution in [0.1, 0.15) is 47.5 Å².